The van der Waals surface area contributed by atoms with Gasteiger partial charge in [-0.1, -0.05) is 201 Å². The van der Waals surface area contributed by atoms with Crippen LogP contribution in [0.2, 0.25) is 0 Å². The van der Waals surface area contributed by atoms with Gasteiger partial charge in [-0.3, -0.25) is 0 Å². The minimum atomic E-state index is -3.50. The van der Waals surface area contributed by atoms with Gasteiger partial charge in [0.25, 0.3) is 0 Å². The maximum Gasteiger partial charge on any atom is 0.190 e. The van der Waals surface area contributed by atoms with E-state index in [1.54, 1.807) is 0 Å². The zero-order valence-corrected chi connectivity index (χ0v) is 46.9. The van der Waals surface area contributed by atoms with Crippen LogP contribution in [0.25, 0.3) is 32.3 Å². The fourth-order valence-corrected chi connectivity index (χ4v) is 22.9. The topological polar surface area (TPSA) is 55.4 Å². The van der Waals surface area contributed by atoms with Crippen molar-refractivity contribution < 1.29 is 28.4 Å². The van der Waals surface area contributed by atoms with Crippen molar-refractivity contribution >= 4 is 90.0 Å². The molecule has 0 amide bonds. The molecule has 2 heterocycles. The van der Waals surface area contributed by atoms with Crippen molar-refractivity contribution in [1.29, 1.82) is 0 Å². The summed E-state index contributed by atoms with van der Waals surface area (Å²) in [5, 5.41) is 17.3. The van der Waals surface area contributed by atoms with Crippen molar-refractivity contribution in [2.75, 3.05) is 39.6 Å². The summed E-state index contributed by atoms with van der Waals surface area (Å²) in [5.41, 5.74) is 0. The van der Waals surface area contributed by atoms with E-state index in [4.69, 9.17) is 28.4 Å². The number of rotatable bonds is 28. The van der Waals surface area contributed by atoms with Crippen LogP contribution in [0.4, 0.5) is 0 Å². The molecule has 0 spiro atoms. The molecule has 0 saturated heterocycles. The normalized spacial score (nSPS) is 13.6. The third-order valence-corrected chi connectivity index (χ3v) is 25.2. The Labute approximate surface area is 442 Å². The molecule has 8 heteroatoms. The number of benzene rings is 8. The van der Waals surface area contributed by atoms with Crippen molar-refractivity contribution in [3.05, 3.63) is 133 Å². The average Bonchev–Trinajstić information content (AvgIpc) is 4.06. The first kappa shape index (κ1) is 51.3. The van der Waals surface area contributed by atoms with E-state index in [0.717, 1.165) is 122 Å². The number of ether oxygens (including phenoxy) is 6. The van der Waals surface area contributed by atoms with Gasteiger partial charge < -0.3 is 28.4 Å². The summed E-state index contributed by atoms with van der Waals surface area (Å²) in [6.45, 7) is 16.9. The van der Waals surface area contributed by atoms with E-state index in [1.807, 2.05) is 0 Å². The SMILES string of the molecule is CCCCOc1cc2c3cc(OCCCC)c(OCCCC)c4c3c3c(c(OCCCC)c(OCCCC)c5c3c2c(c1OCCCC)[Si]5(c1ccccc1)c1ccccc1)[Si]4(c1ccccc1)c1ccccc1. The molecule has 0 aromatic heterocycles. The lowest BCUT2D eigenvalue weighted by Gasteiger charge is -2.37. The number of fused-ring (bicyclic) bond motifs is 1. The lowest BCUT2D eigenvalue weighted by Crippen LogP contribution is -2.75. The summed E-state index contributed by atoms with van der Waals surface area (Å²) < 4.78 is 44.7. The molecule has 0 saturated carbocycles. The first-order valence-corrected chi connectivity index (χ1v) is 32.2. The molecule has 0 aliphatic carbocycles. The van der Waals surface area contributed by atoms with Crippen molar-refractivity contribution in [1.82, 2.24) is 0 Å². The molecule has 0 unspecified atom stereocenters. The zero-order valence-electron chi connectivity index (χ0n) is 44.9. The lowest BCUT2D eigenvalue weighted by molar-refractivity contribution is 0.264. The van der Waals surface area contributed by atoms with E-state index < -0.39 is 16.1 Å². The highest BCUT2D eigenvalue weighted by Crippen LogP contribution is 2.52. The minimum absolute atomic E-state index is 0.554. The molecule has 0 fully saturated rings. The maximum atomic E-state index is 7.74. The maximum absolute atomic E-state index is 7.74. The van der Waals surface area contributed by atoms with Crippen molar-refractivity contribution in [3.63, 3.8) is 0 Å². The minimum Gasteiger partial charge on any atom is -0.490 e. The smallest absolute Gasteiger partial charge is 0.190 e. The molecule has 74 heavy (non-hydrogen) atoms. The molecule has 8 aromatic carbocycles. The van der Waals surface area contributed by atoms with Crippen LogP contribution in [-0.4, -0.2) is 55.8 Å². The van der Waals surface area contributed by atoms with Gasteiger partial charge in [0.2, 0.25) is 0 Å². The fourth-order valence-electron chi connectivity index (χ4n) is 12.1. The third-order valence-electron chi connectivity index (χ3n) is 15.5. The highest BCUT2D eigenvalue weighted by molar-refractivity contribution is 7.27. The molecule has 2 aliphatic rings. The Morgan fingerprint density at radius 3 is 0.797 bits per heavy atom. The van der Waals surface area contributed by atoms with Gasteiger partial charge in [-0.25, -0.2) is 0 Å². The van der Waals surface area contributed by atoms with Gasteiger partial charge >= 0.3 is 0 Å². The molecule has 6 nitrogen and oxygen atoms in total. The molecule has 10 rings (SSSR count). The van der Waals surface area contributed by atoms with Crippen LogP contribution >= 0.6 is 0 Å². The van der Waals surface area contributed by atoms with E-state index in [1.165, 1.54) is 63.0 Å². The second kappa shape index (κ2) is 23.1. The van der Waals surface area contributed by atoms with Crippen LogP contribution in [0.3, 0.4) is 0 Å². The molecule has 0 bridgehead atoms. The molecular weight excluding hydrogens is 945 g/mol. The van der Waals surface area contributed by atoms with Gasteiger partial charge in [0, 0.05) is 20.7 Å². The zero-order chi connectivity index (χ0) is 51.1. The van der Waals surface area contributed by atoms with Crippen molar-refractivity contribution in [2.24, 2.45) is 0 Å². The Hall–Kier alpha value is -6.23. The van der Waals surface area contributed by atoms with Crippen LogP contribution < -0.4 is 69.9 Å². The van der Waals surface area contributed by atoms with Crippen LogP contribution in [0, 0.1) is 0 Å². The van der Waals surface area contributed by atoms with Crippen LogP contribution in [0.5, 0.6) is 34.5 Å². The van der Waals surface area contributed by atoms with Gasteiger partial charge in [0.1, 0.15) is 0 Å². The summed E-state index contributed by atoms with van der Waals surface area (Å²) in [6, 6.07) is 50.1. The Morgan fingerprint density at radius 2 is 0.527 bits per heavy atom. The molecule has 0 atom stereocenters. The van der Waals surface area contributed by atoms with E-state index >= 15 is 0 Å². The summed E-state index contributed by atoms with van der Waals surface area (Å²) in [4.78, 5) is 0. The Bertz CT molecular complexity index is 2900. The van der Waals surface area contributed by atoms with Gasteiger partial charge in [-0.05, 0) is 104 Å². The predicted octanol–water partition coefficient (Wildman–Crippen LogP) is 11.6. The molecule has 0 radical (unpaired) electrons. The first-order valence-electron chi connectivity index (χ1n) is 28.2. The Kier molecular flexibility index (Phi) is 16.0. The van der Waals surface area contributed by atoms with Gasteiger partial charge in [-0.15, -0.1) is 0 Å². The number of unbranched alkanes of at least 4 members (excludes halogenated alkanes) is 6. The summed E-state index contributed by atoms with van der Waals surface area (Å²) >= 11 is 0. The molecule has 2 aliphatic heterocycles. The van der Waals surface area contributed by atoms with E-state index in [2.05, 4.69) is 175 Å². The Morgan fingerprint density at radius 1 is 0.284 bits per heavy atom. The molecule has 8 aromatic rings. The summed E-state index contributed by atoms with van der Waals surface area (Å²) in [6.07, 6.45) is 11.6. The van der Waals surface area contributed by atoms with Crippen molar-refractivity contribution in [3.8, 4) is 34.5 Å². The van der Waals surface area contributed by atoms with Crippen molar-refractivity contribution in [2.45, 2.75) is 119 Å². The molecule has 384 valence electrons. The first-order chi connectivity index (χ1) is 36.6. The van der Waals surface area contributed by atoms with Gasteiger partial charge in [-0.2, -0.15) is 0 Å². The molecule has 0 N–H and O–H groups in total. The average molecular weight is 1020 g/mol. The fraction of sp³-hybridized carbons (Fsp3) is 0.364. The molecular formula is C66H76O6Si2. The third kappa shape index (κ3) is 8.54. The standard InChI is InChI=1S/C66H76O6Si2/c1-7-13-39-67-53-45-51-52-46-54(68-40-14-8-2)60(70-42-16-10-4)64-56(52)58-57-55(51)63(59(53)69-41-15-9-3)73(47-31-23-19-24-32-47,48-33-25-20-26-34-48)65(57)61(71-43-17-11-5)62(72-44-18-12-6)66(58)74(64,49-35-27-21-28-36-49)50-37-29-22-30-38-50/h19-38,45-46H,7-18,39-44H2,1-6H3. The van der Waals surface area contributed by atoms with E-state index in [-0.39, 0.29) is 0 Å². The largest absolute Gasteiger partial charge is 0.490 e. The summed E-state index contributed by atoms with van der Waals surface area (Å²) in [7, 11) is -6.99. The monoisotopic (exact) mass is 1020 g/mol. The highest BCUT2D eigenvalue weighted by atomic mass is 28.3. The second-order valence-corrected chi connectivity index (χ2v) is 27.6. The number of hydrogen-bond donors (Lipinski definition) is 0. The van der Waals surface area contributed by atoms with Crippen LogP contribution in [0.1, 0.15) is 119 Å². The van der Waals surface area contributed by atoms with E-state index in [9.17, 15) is 0 Å². The van der Waals surface area contributed by atoms with Gasteiger partial charge in [0.15, 0.2) is 50.6 Å². The lowest BCUT2D eigenvalue weighted by atomic mass is 9.93. The second-order valence-electron chi connectivity index (χ2n) is 20.3. The Balaban J connectivity index is 1.56. The summed E-state index contributed by atoms with van der Waals surface area (Å²) in [5.74, 6) is 5.09. The van der Waals surface area contributed by atoms with E-state index in [0.29, 0.717) is 39.6 Å². The quantitative estimate of drug-likeness (QED) is 0.0277. The van der Waals surface area contributed by atoms with Crippen LogP contribution in [0.15, 0.2) is 133 Å². The van der Waals surface area contributed by atoms with Crippen LogP contribution in [-0.2, 0) is 0 Å². The highest BCUT2D eigenvalue weighted by Gasteiger charge is 2.59. The predicted molar refractivity (Wildman–Crippen MR) is 316 cm³/mol. The van der Waals surface area contributed by atoms with Gasteiger partial charge in [0.05, 0.1) is 39.6 Å². The number of hydrogen-bond acceptors (Lipinski definition) is 6.